The highest BCUT2D eigenvalue weighted by atomic mass is 32.2. The van der Waals surface area contributed by atoms with Crippen molar-refractivity contribution in [2.24, 2.45) is 4.99 Å². The van der Waals surface area contributed by atoms with Crippen molar-refractivity contribution in [3.63, 3.8) is 0 Å². The Bertz CT molecular complexity index is 1690. The molecule has 3 heteroatoms. The van der Waals surface area contributed by atoms with Crippen molar-refractivity contribution in [3.05, 3.63) is 156 Å². The number of para-hydroxylation sites is 1. The highest BCUT2D eigenvalue weighted by Gasteiger charge is 2.26. The quantitative estimate of drug-likeness (QED) is 0.184. The van der Waals surface area contributed by atoms with Crippen LogP contribution in [0, 0.1) is 0 Å². The summed E-state index contributed by atoms with van der Waals surface area (Å²) in [4.78, 5) is 5.38. The molecule has 0 saturated carbocycles. The van der Waals surface area contributed by atoms with E-state index >= 15 is 0 Å². The van der Waals surface area contributed by atoms with Gasteiger partial charge in [-0.25, -0.2) is 0 Å². The normalized spacial score (nSPS) is 15.1. The molecule has 5 aromatic rings. The molecule has 1 aliphatic rings. The minimum absolute atomic E-state index is 0.149. The zero-order valence-corrected chi connectivity index (χ0v) is 26.8. The molecule has 0 fully saturated rings. The Balaban J connectivity index is 1.47. The van der Waals surface area contributed by atoms with Crippen LogP contribution in [-0.2, 0) is 0 Å². The number of aliphatic imine (C=N–C) groups is 1. The van der Waals surface area contributed by atoms with Gasteiger partial charge in [0.15, 0.2) is 0 Å². The van der Waals surface area contributed by atoms with Gasteiger partial charge in [0.2, 0.25) is 0 Å². The molecule has 6 rings (SSSR count). The van der Waals surface area contributed by atoms with Crippen LogP contribution in [-0.4, -0.2) is 10.8 Å². The van der Waals surface area contributed by atoms with Crippen molar-refractivity contribution in [1.82, 2.24) is 0 Å². The van der Waals surface area contributed by atoms with Gasteiger partial charge < -0.3 is 5.32 Å². The lowest BCUT2D eigenvalue weighted by molar-refractivity contribution is 0.743. The van der Waals surface area contributed by atoms with Crippen molar-refractivity contribution in [1.29, 1.82) is 0 Å². The van der Waals surface area contributed by atoms with Gasteiger partial charge in [-0.15, -0.1) is 11.8 Å². The number of hydrogen-bond donors (Lipinski definition) is 1. The number of benzene rings is 5. The van der Waals surface area contributed by atoms with E-state index in [1.807, 2.05) is 11.8 Å². The van der Waals surface area contributed by atoms with Crippen molar-refractivity contribution in [2.75, 3.05) is 11.1 Å². The minimum Gasteiger partial charge on any atom is -0.354 e. The highest BCUT2D eigenvalue weighted by Crippen LogP contribution is 2.42. The van der Waals surface area contributed by atoms with Crippen molar-refractivity contribution >= 4 is 28.2 Å². The first kappa shape index (κ1) is 29.7. The predicted molar refractivity (Wildman–Crippen MR) is 193 cm³/mol. The van der Waals surface area contributed by atoms with Gasteiger partial charge in [-0.3, -0.25) is 4.99 Å². The van der Waals surface area contributed by atoms with Gasteiger partial charge in [0.1, 0.15) is 0 Å². The first-order chi connectivity index (χ1) is 21.5. The van der Waals surface area contributed by atoms with Crippen LogP contribution >= 0.6 is 11.8 Å². The Morgan fingerprint density at radius 2 is 1.16 bits per heavy atom. The second-order valence-electron chi connectivity index (χ2n) is 12.0. The number of rotatable bonds is 9. The molecule has 0 bridgehead atoms. The van der Waals surface area contributed by atoms with Crippen LogP contribution in [0.1, 0.15) is 67.8 Å². The molecule has 0 spiro atoms. The second kappa shape index (κ2) is 13.5. The van der Waals surface area contributed by atoms with Gasteiger partial charge in [0.25, 0.3) is 0 Å². The van der Waals surface area contributed by atoms with E-state index in [1.54, 1.807) is 0 Å². The van der Waals surface area contributed by atoms with Crippen LogP contribution < -0.4 is 5.32 Å². The summed E-state index contributed by atoms with van der Waals surface area (Å²) < 4.78 is 0. The third kappa shape index (κ3) is 6.44. The Labute approximate surface area is 267 Å². The van der Waals surface area contributed by atoms with E-state index in [0.29, 0.717) is 11.8 Å². The van der Waals surface area contributed by atoms with E-state index in [9.17, 15) is 0 Å². The van der Waals surface area contributed by atoms with Gasteiger partial charge in [-0.1, -0.05) is 155 Å². The number of anilines is 1. The number of nitrogens with zero attached hydrogens (tertiary/aromatic N) is 1. The predicted octanol–water partition coefficient (Wildman–Crippen LogP) is 11.6. The molecule has 0 amide bonds. The van der Waals surface area contributed by atoms with E-state index < -0.39 is 0 Å². The average Bonchev–Trinajstić information content (AvgIpc) is 3.53. The van der Waals surface area contributed by atoms with Gasteiger partial charge in [0, 0.05) is 22.6 Å². The SMILES string of the molecule is CC(C)c1cccc(C(C)C)c1C1CSC(C=C(Nc2c(-c3ccccc3)cccc2-c2ccccc2)c2ccccc2)=N1. The lowest BCUT2D eigenvalue weighted by atomic mass is 9.85. The Hall–Kier alpha value is -4.34. The largest absolute Gasteiger partial charge is 0.354 e. The molecule has 5 aromatic carbocycles. The molecule has 0 aliphatic carbocycles. The fourth-order valence-corrected chi connectivity index (χ4v) is 7.06. The van der Waals surface area contributed by atoms with Crippen LogP contribution in [0.3, 0.4) is 0 Å². The van der Waals surface area contributed by atoms with Gasteiger partial charge in [-0.05, 0) is 51.3 Å². The van der Waals surface area contributed by atoms with E-state index in [2.05, 4.69) is 166 Å². The zero-order chi connectivity index (χ0) is 30.5. The van der Waals surface area contributed by atoms with Crippen LogP contribution in [0.25, 0.3) is 28.0 Å². The second-order valence-corrected chi connectivity index (χ2v) is 13.0. The molecule has 1 atom stereocenters. The Kier molecular flexibility index (Phi) is 9.14. The monoisotopic (exact) mass is 592 g/mol. The van der Waals surface area contributed by atoms with E-state index in [-0.39, 0.29) is 6.04 Å². The number of hydrogen-bond acceptors (Lipinski definition) is 3. The maximum Gasteiger partial charge on any atom is 0.0934 e. The first-order valence-electron chi connectivity index (χ1n) is 15.6. The van der Waals surface area contributed by atoms with Gasteiger partial charge in [0.05, 0.1) is 16.8 Å². The molecule has 1 unspecified atom stereocenters. The molecule has 1 heterocycles. The maximum atomic E-state index is 5.38. The Morgan fingerprint density at radius 3 is 1.68 bits per heavy atom. The van der Waals surface area contributed by atoms with Crippen LogP contribution in [0.4, 0.5) is 5.69 Å². The van der Waals surface area contributed by atoms with Gasteiger partial charge >= 0.3 is 0 Å². The molecule has 2 nitrogen and oxygen atoms in total. The first-order valence-corrected chi connectivity index (χ1v) is 16.6. The molecule has 0 aromatic heterocycles. The standard InChI is InChI=1S/C41H40N2S/c1-28(2)33-22-14-23-34(29(3)4)40(33)38-27-44-39(42-38)26-37(32-20-12-7-13-21-32)43-41-35(30-16-8-5-9-17-30)24-15-25-36(41)31-18-10-6-11-19-31/h5-26,28-29,38,43H,27H2,1-4H3. The molecular formula is C41H40N2S. The van der Waals surface area contributed by atoms with Crippen LogP contribution in [0.15, 0.2) is 138 Å². The smallest absolute Gasteiger partial charge is 0.0934 e. The number of thioether (sulfide) groups is 1. The summed E-state index contributed by atoms with van der Waals surface area (Å²) in [5.41, 5.74) is 12.2. The summed E-state index contributed by atoms with van der Waals surface area (Å²) in [6, 6.07) is 45.4. The van der Waals surface area contributed by atoms with E-state index in [4.69, 9.17) is 4.99 Å². The number of nitrogens with one attached hydrogen (secondary N) is 1. The summed E-state index contributed by atoms with van der Waals surface area (Å²) in [7, 11) is 0. The van der Waals surface area contributed by atoms with Crippen molar-refractivity contribution < 1.29 is 0 Å². The molecular weight excluding hydrogens is 553 g/mol. The maximum absolute atomic E-state index is 5.38. The highest BCUT2D eigenvalue weighted by molar-refractivity contribution is 8.14. The zero-order valence-electron chi connectivity index (χ0n) is 26.0. The lowest BCUT2D eigenvalue weighted by Crippen LogP contribution is -2.08. The molecule has 1 aliphatic heterocycles. The van der Waals surface area contributed by atoms with Gasteiger partial charge in [-0.2, -0.15) is 0 Å². The summed E-state index contributed by atoms with van der Waals surface area (Å²) in [5.74, 6) is 1.86. The summed E-state index contributed by atoms with van der Waals surface area (Å²) in [6.07, 6.45) is 2.25. The van der Waals surface area contributed by atoms with Crippen molar-refractivity contribution in [3.8, 4) is 22.3 Å². The van der Waals surface area contributed by atoms with Crippen molar-refractivity contribution in [2.45, 2.75) is 45.6 Å². The fraction of sp³-hybridized carbons (Fsp3) is 0.195. The van der Waals surface area contributed by atoms with Crippen LogP contribution in [0.5, 0.6) is 0 Å². The summed E-state index contributed by atoms with van der Waals surface area (Å²) in [6.45, 7) is 9.17. The van der Waals surface area contributed by atoms with E-state index in [1.165, 1.54) is 38.9 Å². The van der Waals surface area contributed by atoms with Crippen LogP contribution in [0.2, 0.25) is 0 Å². The molecule has 44 heavy (non-hydrogen) atoms. The topological polar surface area (TPSA) is 24.4 Å². The minimum atomic E-state index is 0.149. The molecule has 0 saturated heterocycles. The lowest BCUT2D eigenvalue weighted by Gasteiger charge is -2.22. The molecule has 0 radical (unpaired) electrons. The fourth-order valence-electron chi connectivity index (χ4n) is 6.08. The average molecular weight is 593 g/mol. The molecule has 1 N–H and O–H groups in total. The Morgan fingerprint density at radius 1 is 0.659 bits per heavy atom. The summed E-state index contributed by atoms with van der Waals surface area (Å²) >= 11 is 1.85. The molecule has 220 valence electrons. The summed E-state index contributed by atoms with van der Waals surface area (Å²) in [5, 5.41) is 5.00. The van der Waals surface area contributed by atoms with E-state index in [0.717, 1.165) is 27.7 Å². The third-order valence-electron chi connectivity index (χ3n) is 8.27. The third-order valence-corrected chi connectivity index (χ3v) is 9.27.